The molecule has 0 spiro atoms. The minimum Gasteiger partial charge on any atom is -0.270 e. The molecular weight excluding hydrogens is 204 g/mol. The van der Waals surface area contributed by atoms with Gasteiger partial charge in [-0.05, 0) is 33.1 Å². The molecule has 2 rings (SSSR count). The molecule has 0 N–H and O–H groups in total. The quantitative estimate of drug-likeness (QED) is 0.625. The van der Waals surface area contributed by atoms with Gasteiger partial charge < -0.3 is 0 Å². The Morgan fingerprint density at radius 2 is 1.75 bits per heavy atom. The van der Waals surface area contributed by atoms with Crippen molar-refractivity contribution in [3.8, 4) is 6.07 Å². The first-order chi connectivity index (χ1) is 7.57. The maximum absolute atomic E-state index is 11.9. The first-order valence-electron chi connectivity index (χ1n) is 5.53. The molecule has 1 aliphatic carbocycles. The molecule has 16 heavy (non-hydrogen) atoms. The highest BCUT2D eigenvalue weighted by Crippen LogP contribution is 2.34. The van der Waals surface area contributed by atoms with Gasteiger partial charge in [0.1, 0.15) is 0 Å². The van der Waals surface area contributed by atoms with Crippen LogP contribution in [-0.4, -0.2) is 22.8 Å². The third-order valence-corrected chi connectivity index (χ3v) is 3.62. The van der Waals surface area contributed by atoms with Crippen LogP contribution in [0.1, 0.15) is 33.1 Å². The van der Waals surface area contributed by atoms with Gasteiger partial charge in [0.15, 0.2) is 0 Å². The molecule has 2 amide bonds. The number of hydrogen-bond donors (Lipinski definition) is 0. The van der Waals surface area contributed by atoms with Crippen LogP contribution in [0.2, 0.25) is 0 Å². The topological polar surface area (TPSA) is 61.2 Å². The fraction of sp³-hybridized carbons (Fsp3) is 0.583. The zero-order valence-corrected chi connectivity index (χ0v) is 9.49. The molecule has 4 nitrogen and oxygen atoms in total. The number of nitrogens with zero attached hydrogens (tertiary/aromatic N) is 2. The highest BCUT2D eigenvalue weighted by molar-refractivity contribution is 6.19. The maximum atomic E-state index is 11.9. The first-order valence-corrected chi connectivity index (χ1v) is 5.53. The molecule has 1 fully saturated rings. The van der Waals surface area contributed by atoms with Crippen molar-refractivity contribution in [2.45, 2.75) is 39.2 Å². The molecule has 4 heteroatoms. The second-order valence-corrected chi connectivity index (χ2v) is 4.46. The molecule has 0 saturated heterocycles. The highest BCUT2D eigenvalue weighted by atomic mass is 16.2. The Bertz CT molecular complexity index is 407. The second kappa shape index (κ2) is 3.75. The molecular formula is C12H14N2O2. The lowest BCUT2D eigenvalue weighted by atomic mass is 10.0. The summed E-state index contributed by atoms with van der Waals surface area (Å²) in [7, 11) is 0. The Morgan fingerprint density at radius 3 is 2.25 bits per heavy atom. The zero-order valence-electron chi connectivity index (χ0n) is 9.49. The lowest BCUT2D eigenvalue weighted by molar-refractivity contribution is -0.140. The van der Waals surface area contributed by atoms with Crippen LogP contribution in [0, 0.1) is 17.2 Å². The molecule has 2 atom stereocenters. The molecule has 1 heterocycles. The number of carbonyl (C=O) groups is 2. The van der Waals surface area contributed by atoms with Gasteiger partial charge in [-0.2, -0.15) is 5.26 Å². The molecule has 1 saturated carbocycles. The predicted octanol–water partition coefficient (Wildman–Crippen LogP) is 1.38. The van der Waals surface area contributed by atoms with Crippen molar-refractivity contribution in [1.82, 2.24) is 4.90 Å². The molecule has 0 aromatic heterocycles. The summed E-state index contributed by atoms with van der Waals surface area (Å²) < 4.78 is 0. The van der Waals surface area contributed by atoms with Crippen molar-refractivity contribution in [2.24, 2.45) is 5.92 Å². The van der Waals surface area contributed by atoms with E-state index in [1.165, 1.54) is 4.90 Å². The summed E-state index contributed by atoms with van der Waals surface area (Å²) in [6.45, 7) is 3.35. The van der Waals surface area contributed by atoms with Gasteiger partial charge in [-0.25, -0.2) is 0 Å². The van der Waals surface area contributed by atoms with Crippen LogP contribution >= 0.6 is 0 Å². The van der Waals surface area contributed by atoms with Crippen molar-refractivity contribution < 1.29 is 9.59 Å². The highest BCUT2D eigenvalue weighted by Gasteiger charge is 2.43. The van der Waals surface area contributed by atoms with Crippen LogP contribution in [0.15, 0.2) is 11.1 Å². The summed E-state index contributed by atoms with van der Waals surface area (Å²) in [5, 5.41) is 8.99. The van der Waals surface area contributed by atoms with Crippen LogP contribution in [0.25, 0.3) is 0 Å². The monoisotopic (exact) mass is 218 g/mol. The van der Waals surface area contributed by atoms with Gasteiger partial charge in [0.2, 0.25) is 0 Å². The Kier molecular flexibility index (Phi) is 2.55. The van der Waals surface area contributed by atoms with Gasteiger partial charge in [-0.3, -0.25) is 14.5 Å². The number of imide groups is 1. The first kappa shape index (κ1) is 10.9. The SMILES string of the molecule is CC1=C(C)C(=O)N(C2CCCC2C#N)C1=O. The van der Waals surface area contributed by atoms with Crippen LogP contribution in [0.5, 0.6) is 0 Å². The lowest BCUT2D eigenvalue weighted by Crippen LogP contribution is -2.42. The van der Waals surface area contributed by atoms with E-state index in [9.17, 15) is 9.59 Å². The minimum atomic E-state index is -0.213. The van der Waals surface area contributed by atoms with E-state index in [0.29, 0.717) is 11.1 Å². The van der Waals surface area contributed by atoms with Gasteiger partial charge in [0, 0.05) is 11.1 Å². The summed E-state index contributed by atoms with van der Waals surface area (Å²) in [4.78, 5) is 25.1. The molecule has 0 aromatic carbocycles. The van der Waals surface area contributed by atoms with Crippen LogP contribution in [0.3, 0.4) is 0 Å². The molecule has 0 radical (unpaired) electrons. The largest absolute Gasteiger partial charge is 0.270 e. The van der Waals surface area contributed by atoms with E-state index in [1.807, 2.05) is 0 Å². The molecule has 0 aromatic rings. The third-order valence-electron chi connectivity index (χ3n) is 3.62. The number of amides is 2. The van der Waals surface area contributed by atoms with Crippen LogP contribution in [-0.2, 0) is 9.59 Å². The van der Waals surface area contributed by atoms with Crippen LogP contribution in [0.4, 0.5) is 0 Å². The van der Waals surface area contributed by atoms with E-state index in [0.717, 1.165) is 19.3 Å². The Morgan fingerprint density at radius 1 is 1.19 bits per heavy atom. The second-order valence-electron chi connectivity index (χ2n) is 4.46. The van der Waals surface area contributed by atoms with Gasteiger partial charge in [-0.1, -0.05) is 0 Å². The predicted molar refractivity (Wildman–Crippen MR) is 57.0 cm³/mol. The van der Waals surface area contributed by atoms with Crippen LogP contribution < -0.4 is 0 Å². The van der Waals surface area contributed by atoms with E-state index in [-0.39, 0.29) is 23.8 Å². The van der Waals surface area contributed by atoms with E-state index in [2.05, 4.69) is 6.07 Å². The number of rotatable bonds is 1. The molecule has 2 aliphatic rings. The third kappa shape index (κ3) is 1.35. The molecule has 2 unspecified atom stereocenters. The lowest BCUT2D eigenvalue weighted by Gasteiger charge is -2.24. The zero-order chi connectivity index (χ0) is 11.9. The van der Waals surface area contributed by atoms with Crippen molar-refractivity contribution in [3.05, 3.63) is 11.1 Å². The van der Waals surface area contributed by atoms with Gasteiger partial charge in [-0.15, -0.1) is 0 Å². The summed E-state index contributed by atoms with van der Waals surface area (Å²) in [6, 6.07) is 1.99. The van der Waals surface area contributed by atoms with E-state index in [4.69, 9.17) is 5.26 Å². The number of nitriles is 1. The van der Waals surface area contributed by atoms with Gasteiger partial charge >= 0.3 is 0 Å². The summed E-state index contributed by atoms with van der Waals surface area (Å²) in [5.41, 5.74) is 1.04. The summed E-state index contributed by atoms with van der Waals surface area (Å²) in [6.07, 6.45) is 2.46. The van der Waals surface area contributed by atoms with Crippen molar-refractivity contribution in [3.63, 3.8) is 0 Å². The standard InChI is InChI=1S/C12H14N2O2/c1-7-8(2)12(16)14(11(7)15)10-5-3-4-9(10)6-13/h9-10H,3-5H2,1-2H3. The molecule has 1 aliphatic heterocycles. The van der Waals surface area contributed by atoms with Gasteiger partial charge in [0.25, 0.3) is 11.8 Å². The van der Waals surface area contributed by atoms with Crippen molar-refractivity contribution in [2.75, 3.05) is 0 Å². The molecule has 0 bridgehead atoms. The smallest absolute Gasteiger partial charge is 0.257 e. The average molecular weight is 218 g/mol. The summed E-state index contributed by atoms with van der Waals surface area (Å²) in [5.74, 6) is -0.615. The number of carbonyl (C=O) groups excluding carboxylic acids is 2. The maximum Gasteiger partial charge on any atom is 0.257 e. The fourth-order valence-electron chi connectivity index (χ4n) is 2.48. The van der Waals surface area contributed by atoms with E-state index >= 15 is 0 Å². The Labute approximate surface area is 94.5 Å². The number of hydrogen-bond acceptors (Lipinski definition) is 3. The van der Waals surface area contributed by atoms with Gasteiger partial charge in [0.05, 0.1) is 18.0 Å². The van der Waals surface area contributed by atoms with E-state index in [1.54, 1.807) is 13.8 Å². The minimum absolute atomic E-state index is 0.188. The Balaban J connectivity index is 2.28. The summed E-state index contributed by atoms with van der Waals surface area (Å²) >= 11 is 0. The Hall–Kier alpha value is -1.63. The fourth-order valence-corrected chi connectivity index (χ4v) is 2.48. The molecule has 84 valence electrons. The van der Waals surface area contributed by atoms with Crippen molar-refractivity contribution in [1.29, 1.82) is 5.26 Å². The normalized spacial score (nSPS) is 30.2. The van der Waals surface area contributed by atoms with E-state index < -0.39 is 0 Å². The average Bonchev–Trinajstić information content (AvgIpc) is 2.80. The van der Waals surface area contributed by atoms with Crippen molar-refractivity contribution >= 4 is 11.8 Å².